The second kappa shape index (κ2) is 8.97. The second-order valence-electron chi connectivity index (χ2n) is 6.67. The van der Waals surface area contributed by atoms with E-state index in [4.69, 9.17) is 4.74 Å². The first-order valence-electron chi connectivity index (χ1n) is 9.19. The van der Waals surface area contributed by atoms with Crippen LogP contribution in [0.4, 0.5) is 5.69 Å². The SMILES string of the molecule is CN=C(NCCc1ccc2c(c1)CCO2)NCc1ccccc1NS(C)(=O)=O. The first kappa shape index (κ1) is 20.0. The Balaban J connectivity index is 1.51. The third-order valence-corrected chi connectivity index (χ3v) is 5.03. The molecule has 3 N–H and O–H groups in total. The average molecular weight is 403 g/mol. The molecule has 0 aliphatic carbocycles. The molecule has 1 aliphatic heterocycles. The highest BCUT2D eigenvalue weighted by molar-refractivity contribution is 7.92. The van der Waals surface area contributed by atoms with Crippen molar-refractivity contribution < 1.29 is 13.2 Å². The zero-order valence-electron chi connectivity index (χ0n) is 16.2. The summed E-state index contributed by atoms with van der Waals surface area (Å²) in [6.45, 7) is 1.96. The highest BCUT2D eigenvalue weighted by atomic mass is 32.2. The van der Waals surface area contributed by atoms with E-state index in [0.717, 1.165) is 43.6 Å². The number of nitrogens with one attached hydrogen (secondary N) is 3. The fourth-order valence-corrected chi connectivity index (χ4v) is 3.69. The maximum atomic E-state index is 11.5. The number of fused-ring (bicyclic) bond motifs is 1. The first-order chi connectivity index (χ1) is 13.4. The molecule has 150 valence electrons. The lowest BCUT2D eigenvalue weighted by atomic mass is 10.1. The van der Waals surface area contributed by atoms with Gasteiger partial charge >= 0.3 is 0 Å². The van der Waals surface area contributed by atoms with Gasteiger partial charge in [-0.3, -0.25) is 9.71 Å². The summed E-state index contributed by atoms with van der Waals surface area (Å²) in [6.07, 6.45) is 2.99. The molecule has 2 aromatic carbocycles. The van der Waals surface area contributed by atoms with Crippen LogP contribution in [-0.4, -0.2) is 40.8 Å². The highest BCUT2D eigenvalue weighted by Crippen LogP contribution is 2.25. The van der Waals surface area contributed by atoms with E-state index in [9.17, 15) is 8.42 Å². The van der Waals surface area contributed by atoms with Crippen LogP contribution in [0.3, 0.4) is 0 Å². The quantitative estimate of drug-likeness (QED) is 0.486. The lowest BCUT2D eigenvalue weighted by molar-refractivity contribution is 0.357. The lowest BCUT2D eigenvalue weighted by Gasteiger charge is -2.15. The Morgan fingerprint density at radius 3 is 2.79 bits per heavy atom. The summed E-state index contributed by atoms with van der Waals surface area (Å²) in [5, 5.41) is 6.52. The number of anilines is 1. The molecule has 7 nitrogen and oxygen atoms in total. The number of hydrogen-bond acceptors (Lipinski definition) is 4. The number of sulfonamides is 1. The molecule has 0 saturated carbocycles. The zero-order chi connectivity index (χ0) is 20.0. The van der Waals surface area contributed by atoms with Gasteiger partial charge < -0.3 is 15.4 Å². The van der Waals surface area contributed by atoms with E-state index in [1.807, 2.05) is 18.2 Å². The molecule has 0 fully saturated rings. The van der Waals surface area contributed by atoms with Crippen molar-refractivity contribution in [3.8, 4) is 5.75 Å². The molecule has 3 rings (SSSR count). The third-order valence-electron chi connectivity index (χ3n) is 4.44. The smallest absolute Gasteiger partial charge is 0.229 e. The molecule has 2 aromatic rings. The Bertz CT molecular complexity index is 958. The second-order valence-corrected chi connectivity index (χ2v) is 8.42. The monoisotopic (exact) mass is 402 g/mol. The Morgan fingerprint density at radius 2 is 2.00 bits per heavy atom. The van der Waals surface area contributed by atoms with E-state index < -0.39 is 10.0 Å². The number of hydrogen-bond donors (Lipinski definition) is 3. The number of ether oxygens (including phenoxy) is 1. The van der Waals surface area contributed by atoms with E-state index in [2.05, 4.69) is 32.5 Å². The Hall–Kier alpha value is -2.74. The molecule has 0 atom stereocenters. The Kier molecular flexibility index (Phi) is 6.41. The van der Waals surface area contributed by atoms with Crippen molar-refractivity contribution in [1.29, 1.82) is 0 Å². The largest absolute Gasteiger partial charge is 0.493 e. The van der Waals surface area contributed by atoms with Crippen LogP contribution in [0.2, 0.25) is 0 Å². The van der Waals surface area contributed by atoms with E-state index in [0.29, 0.717) is 18.2 Å². The van der Waals surface area contributed by atoms with Gasteiger partial charge in [-0.2, -0.15) is 0 Å². The van der Waals surface area contributed by atoms with E-state index in [-0.39, 0.29) is 0 Å². The first-order valence-corrected chi connectivity index (χ1v) is 11.1. The predicted octanol–water partition coefficient (Wildman–Crippen LogP) is 1.90. The van der Waals surface area contributed by atoms with Crippen molar-refractivity contribution in [1.82, 2.24) is 10.6 Å². The van der Waals surface area contributed by atoms with Gasteiger partial charge in [0, 0.05) is 26.6 Å². The Morgan fingerprint density at radius 1 is 1.18 bits per heavy atom. The van der Waals surface area contributed by atoms with Crippen molar-refractivity contribution in [3.63, 3.8) is 0 Å². The zero-order valence-corrected chi connectivity index (χ0v) is 17.0. The number of guanidine groups is 1. The van der Waals surface area contributed by atoms with Crippen LogP contribution in [0, 0.1) is 0 Å². The molecule has 8 heteroatoms. The molecule has 0 unspecified atom stereocenters. The number of nitrogens with zero attached hydrogens (tertiary/aromatic N) is 1. The number of rotatable bonds is 7. The summed E-state index contributed by atoms with van der Waals surface area (Å²) in [6, 6.07) is 13.6. The number of aliphatic imine (C=N–C) groups is 1. The molecular weight excluding hydrogens is 376 g/mol. The molecule has 28 heavy (non-hydrogen) atoms. The van der Waals surface area contributed by atoms with Gasteiger partial charge in [0.15, 0.2) is 5.96 Å². The summed E-state index contributed by atoms with van der Waals surface area (Å²) in [7, 11) is -1.61. The predicted molar refractivity (Wildman–Crippen MR) is 112 cm³/mol. The van der Waals surface area contributed by atoms with Crippen molar-refractivity contribution in [2.45, 2.75) is 19.4 Å². The van der Waals surface area contributed by atoms with Crippen molar-refractivity contribution in [2.75, 3.05) is 31.2 Å². The van der Waals surface area contributed by atoms with Crippen molar-refractivity contribution >= 4 is 21.7 Å². The van der Waals surface area contributed by atoms with Gasteiger partial charge in [0.25, 0.3) is 0 Å². The van der Waals surface area contributed by atoms with Crippen LogP contribution in [0.25, 0.3) is 0 Å². The van der Waals surface area contributed by atoms with Gasteiger partial charge in [-0.25, -0.2) is 8.42 Å². The maximum absolute atomic E-state index is 11.5. The summed E-state index contributed by atoms with van der Waals surface area (Å²) in [5.74, 6) is 1.66. The molecule has 1 aliphatic rings. The van der Waals surface area contributed by atoms with Gasteiger partial charge in [0.1, 0.15) is 5.75 Å². The third kappa shape index (κ3) is 5.63. The molecule has 0 saturated heterocycles. The average Bonchev–Trinajstić information content (AvgIpc) is 3.12. The van der Waals surface area contributed by atoms with E-state index in [1.54, 1.807) is 19.2 Å². The van der Waals surface area contributed by atoms with Crippen molar-refractivity contribution in [3.05, 3.63) is 59.2 Å². The van der Waals surface area contributed by atoms with Gasteiger partial charge in [0.2, 0.25) is 10.0 Å². The molecule has 0 spiro atoms. The molecule has 0 bridgehead atoms. The summed E-state index contributed by atoms with van der Waals surface area (Å²) < 4.78 is 31.1. The van der Waals surface area contributed by atoms with E-state index in [1.165, 1.54) is 11.1 Å². The van der Waals surface area contributed by atoms with Gasteiger partial charge in [-0.05, 0) is 35.2 Å². The molecular formula is C20H26N4O3S. The minimum atomic E-state index is -3.33. The van der Waals surface area contributed by atoms with Gasteiger partial charge in [0.05, 0.1) is 18.6 Å². The van der Waals surface area contributed by atoms with Crippen LogP contribution < -0.4 is 20.1 Å². The maximum Gasteiger partial charge on any atom is 0.229 e. The molecule has 1 heterocycles. The van der Waals surface area contributed by atoms with Gasteiger partial charge in [-0.15, -0.1) is 0 Å². The lowest BCUT2D eigenvalue weighted by Crippen LogP contribution is -2.38. The summed E-state index contributed by atoms with van der Waals surface area (Å²) in [4.78, 5) is 4.23. The topological polar surface area (TPSA) is 91.8 Å². The van der Waals surface area contributed by atoms with Crippen LogP contribution >= 0.6 is 0 Å². The fourth-order valence-electron chi connectivity index (χ4n) is 3.09. The van der Waals surface area contributed by atoms with Crippen molar-refractivity contribution in [2.24, 2.45) is 4.99 Å². The van der Waals surface area contributed by atoms with E-state index >= 15 is 0 Å². The van der Waals surface area contributed by atoms with Crippen LogP contribution in [0.15, 0.2) is 47.5 Å². The minimum Gasteiger partial charge on any atom is -0.493 e. The summed E-state index contributed by atoms with van der Waals surface area (Å²) in [5.41, 5.74) is 3.94. The standard InChI is InChI=1S/C20H26N4O3S/c1-21-20(22-11-9-15-7-8-19-16(13-15)10-12-27-19)23-14-17-5-3-4-6-18(17)24-28(2,25)26/h3-8,13,24H,9-12,14H2,1-2H3,(H2,21,22,23). The minimum absolute atomic E-state index is 0.453. The molecule has 0 radical (unpaired) electrons. The molecule has 0 aromatic heterocycles. The molecule has 0 amide bonds. The van der Waals surface area contributed by atoms with Crippen LogP contribution in [-0.2, 0) is 29.4 Å². The number of benzene rings is 2. The van der Waals surface area contributed by atoms with Crippen LogP contribution in [0.1, 0.15) is 16.7 Å². The van der Waals surface area contributed by atoms with Crippen LogP contribution in [0.5, 0.6) is 5.75 Å². The summed E-state index contributed by atoms with van der Waals surface area (Å²) >= 11 is 0. The van der Waals surface area contributed by atoms with Gasteiger partial charge in [-0.1, -0.05) is 30.3 Å². The number of para-hydroxylation sites is 1. The Labute approximate surface area is 166 Å². The highest BCUT2D eigenvalue weighted by Gasteiger charge is 2.12. The fraction of sp³-hybridized carbons (Fsp3) is 0.350. The normalized spacial score (nSPS) is 13.6.